The minimum Gasteiger partial charge on any atom is -0.316 e. The first-order valence-electron chi connectivity index (χ1n) is 6.65. The fraction of sp³-hybridized carbons (Fsp3) is 0.294. The van der Waals surface area contributed by atoms with E-state index in [1.165, 1.54) is 16.7 Å². The van der Waals surface area contributed by atoms with E-state index in [2.05, 4.69) is 76.7 Å². The van der Waals surface area contributed by atoms with Gasteiger partial charge in [-0.1, -0.05) is 52.3 Å². The summed E-state index contributed by atoms with van der Waals surface area (Å²) in [4.78, 5) is 0. The van der Waals surface area contributed by atoms with Crippen molar-refractivity contribution in [2.45, 2.75) is 25.8 Å². The molecule has 0 amide bonds. The zero-order chi connectivity index (χ0) is 13.7. The molecule has 0 radical (unpaired) electrons. The van der Waals surface area contributed by atoms with Crippen molar-refractivity contribution < 1.29 is 0 Å². The van der Waals surface area contributed by atoms with E-state index < -0.39 is 0 Å². The largest absolute Gasteiger partial charge is 0.316 e. The van der Waals surface area contributed by atoms with Gasteiger partial charge in [0, 0.05) is 10.5 Å². The number of aryl methyl sites for hydroxylation is 1. The van der Waals surface area contributed by atoms with E-state index in [-0.39, 0.29) is 0 Å². The summed E-state index contributed by atoms with van der Waals surface area (Å²) in [6.07, 6.45) is 2.12. The standard InChI is InChI=1S/C17H20BrN/c1-13-5-3-4-6-15(13)12-17(19-2)11-14-7-9-16(18)10-8-14/h3-10,17,19H,11-12H2,1-2H3. The van der Waals surface area contributed by atoms with Crippen molar-refractivity contribution >= 4 is 15.9 Å². The van der Waals surface area contributed by atoms with Crippen LogP contribution in [0.4, 0.5) is 0 Å². The van der Waals surface area contributed by atoms with Gasteiger partial charge < -0.3 is 5.32 Å². The third-order valence-corrected chi connectivity index (χ3v) is 4.06. The molecule has 2 aromatic carbocycles. The Morgan fingerprint density at radius 1 is 1.00 bits per heavy atom. The van der Waals surface area contributed by atoms with Gasteiger partial charge in [-0.3, -0.25) is 0 Å². The SMILES string of the molecule is CNC(Cc1ccc(Br)cc1)Cc1ccccc1C. The molecule has 1 N–H and O–H groups in total. The van der Waals surface area contributed by atoms with E-state index in [4.69, 9.17) is 0 Å². The summed E-state index contributed by atoms with van der Waals surface area (Å²) in [6, 6.07) is 17.7. The average Bonchev–Trinajstić information content (AvgIpc) is 2.43. The summed E-state index contributed by atoms with van der Waals surface area (Å²) < 4.78 is 1.14. The van der Waals surface area contributed by atoms with Crippen LogP contribution in [0.3, 0.4) is 0 Å². The van der Waals surface area contributed by atoms with Crippen molar-refractivity contribution in [3.63, 3.8) is 0 Å². The normalized spacial score (nSPS) is 12.4. The van der Waals surface area contributed by atoms with E-state index in [1.54, 1.807) is 0 Å². The van der Waals surface area contributed by atoms with Gasteiger partial charge in [-0.2, -0.15) is 0 Å². The fourth-order valence-corrected chi connectivity index (χ4v) is 2.55. The zero-order valence-electron chi connectivity index (χ0n) is 11.5. The highest BCUT2D eigenvalue weighted by Crippen LogP contribution is 2.15. The maximum absolute atomic E-state index is 3.48. The topological polar surface area (TPSA) is 12.0 Å². The lowest BCUT2D eigenvalue weighted by molar-refractivity contribution is 0.555. The summed E-state index contributed by atoms with van der Waals surface area (Å²) in [7, 11) is 2.04. The maximum atomic E-state index is 3.48. The molecular weight excluding hydrogens is 298 g/mol. The highest BCUT2D eigenvalue weighted by Gasteiger charge is 2.09. The molecule has 2 aromatic rings. The van der Waals surface area contributed by atoms with Crippen molar-refractivity contribution in [3.8, 4) is 0 Å². The van der Waals surface area contributed by atoms with Crippen LogP contribution in [0.1, 0.15) is 16.7 Å². The highest BCUT2D eigenvalue weighted by molar-refractivity contribution is 9.10. The molecule has 1 atom stereocenters. The number of hydrogen-bond acceptors (Lipinski definition) is 1. The molecule has 2 rings (SSSR count). The molecule has 0 aliphatic carbocycles. The lowest BCUT2D eigenvalue weighted by Crippen LogP contribution is -2.30. The predicted molar refractivity (Wildman–Crippen MR) is 85.6 cm³/mol. The molecule has 0 spiro atoms. The Hall–Kier alpha value is -1.12. The second-order valence-corrected chi connectivity index (χ2v) is 5.86. The van der Waals surface area contributed by atoms with Crippen molar-refractivity contribution in [2.24, 2.45) is 0 Å². The van der Waals surface area contributed by atoms with Crippen LogP contribution in [0.15, 0.2) is 53.0 Å². The lowest BCUT2D eigenvalue weighted by atomic mass is 9.96. The van der Waals surface area contributed by atoms with Crippen LogP contribution < -0.4 is 5.32 Å². The molecule has 19 heavy (non-hydrogen) atoms. The Morgan fingerprint density at radius 2 is 1.68 bits per heavy atom. The number of likely N-dealkylation sites (N-methyl/N-ethyl adjacent to an activating group) is 1. The van der Waals surface area contributed by atoms with Crippen LogP contribution in [0.25, 0.3) is 0 Å². The third-order valence-electron chi connectivity index (χ3n) is 3.53. The van der Waals surface area contributed by atoms with Crippen LogP contribution in [0.2, 0.25) is 0 Å². The molecule has 0 bridgehead atoms. The lowest BCUT2D eigenvalue weighted by Gasteiger charge is -2.17. The van der Waals surface area contributed by atoms with Gasteiger partial charge in [0.05, 0.1) is 0 Å². The van der Waals surface area contributed by atoms with Crippen molar-refractivity contribution in [1.82, 2.24) is 5.32 Å². The van der Waals surface area contributed by atoms with Gasteiger partial charge in [0.25, 0.3) is 0 Å². The predicted octanol–water partition coefficient (Wildman–Crippen LogP) is 4.13. The summed E-state index contributed by atoms with van der Waals surface area (Å²) >= 11 is 3.48. The minimum absolute atomic E-state index is 0.474. The number of hydrogen-bond donors (Lipinski definition) is 1. The number of nitrogens with one attached hydrogen (secondary N) is 1. The van der Waals surface area contributed by atoms with Crippen LogP contribution in [0.5, 0.6) is 0 Å². The molecule has 0 aliphatic heterocycles. The van der Waals surface area contributed by atoms with Crippen molar-refractivity contribution in [2.75, 3.05) is 7.05 Å². The molecule has 0 heterocycles. The summed E-state index contributed by atoms with van der Waals surface area (Å²) in [5.41, 5.74) is 4.17. The molecule has 0 saturated heterocycles. The van der Waals surface area contributed by atoms with Crippen LogP contribution in [-0.4, -0.2) is 13.1 Å². The first-order chi connectivity index (χ1) is 9.19. The molecule has 2 heteroatoms. The quantitative estimate of drug-likeness (QED) is 0.874. The third kappa shape index (κ3) is 4.19. The molecule has 0 saturated carbocycles. The molecule has 1 unspecified atom stereocenters. The summed E-state index contributed by atoms with van der Waals surface area (Å²) in [5.74, 6) is 0. The molecule has 100 valence electrons. The van der Waals surface area contributed by atoms with Gasteiger partial charge in [-0.15, -0.1) is 0 Å². The van der Waals surface area contributed by atoms with E-state index in [0.29, 0.717) is 6.04 Å². The highest BCUT2D eigenvalue weighted by atomic mass is 79.9. The molecular formula is C17H20BrN. The van der Waals surface area contributed by atoms with Gasteiger partial charge in [-0.05, 0) is 55.6 Å². The van der Waals surface area contributed by atoms with Gasteiger partial charge in [0.15, 0.2) is 0 Å². The van der Waals surface area contributed by atoms with Crippen LogP contribution in [-0.2, 0) is 12.8 Å². The van der Waals surface area contributed by atoms with Gasteiger partial charge in [0.2, 0.25) is 0 Å². The Labute approximate surface area is 124 Å². The van der Waals surface area contributed by atoms with Gasteiger partial charge >= 0.3 is 0 Å². The van der Waals surface area contributed by atoms with E-state index in [1.807, 2.05) is 7.05 Å². The number of benzene rings is 2. The van der Waals surface area contributed by atoms with E-state index in [0.717, 1.165) is 17.3 Å². The Balaban J connectivity index is 2.05. The number of rotatable bonds is 5. The first kappa shape index (κ1) is 14.3. The summed E-state index contributed by atoms with van der Waals surface area (Å²) in [5, 5.41) is 3.43. The van der Waals surface area contributed by atoms with E-state index >= 15 is 0 Å². The summed E-state index contributed by atoms with van der Waals surface area (Å²) in [6.45, 7) is 2.18. The smallest absolute Gasteiger partial charge is 0.0175 e. The molecule has 0 fully saturated rings. The first-order valence-corrected chi connectivity index (χ1v) is 7.44. The Bertz CT molecular complexity index is 519. The Morgan fingerprint density at radius 3 is 2.32 bits per heavy atom. The molecule has 1 nitrogen and oxygen atoms in total. The average molecular weight is 318 g/mol. The van der Waals surface area contributed by atoms with Gasteiger partial charge in [-0.25, -0.2) is 0 Å². The second kappa shape index (κ2) is 6.88. The van der Waals surface area contributed by atoms with Crippen LogP contribution >= 0.6 is 15.9 Å². The monoisotopic (exact) mass is 317 g/mol. The molecule has 0 aliphatic rings. The zero-order valence-corrected chi connectivity index (χ0v) is 13.1. The van der Waals surface area contributed by atoms with Crippen molar-refractivity contribution in [1.29, 1.82) is 0 Å². The van der Waals surface area contributed by atoms with Crippen LogP contribution in [0, 0.1) is 6.92 Å². The minimum atomic E-state index is 0.474. The number of halogens is 1. The maximum Gasteiger partial charge on any atom is 0.0175 e. The van der Waals surface area contributed by atoms with Crippen molar-refractivity contribution in [3.05, 3.63) is 69.7 Å². The fourth-order valence-electron chi connectivity index (χ4n) is 2.29. The molecule has 0 aromatic heterocycles. The second-order valence-electron chi connectivity index (χ2n) is 4.95. The van der Waals surface area contributed by atoms with Gasteiger partial charge in [0.1, 0.15) is 0 Å². The van der Waals surface area contributed by atoms with E-state index in [9.17, 15) is 0 Å². The Kier molecular flexibility index (Phi) is 5.17.